The molecule has 0 fully saturated rings. The van der Waals surface area contributed by atoms with E-state index in [0.717, 1.165) is 12.8 Å². The van der Waals surface area contributed by atoms with Crippen LogP contribution in [0.1, 0.15) is 77.5 Å². The number of nitrogens with one attached hydrogen (secondary N) is 2. The van der Waals surface area contributed by atoms with Gasteiger partial charge in [-0.25, -0.2) is 4.79 Å². The Bertz CT molecular complexity index is 1010. The van der Waals surface area contributed by atoms with Crippen LogP contribution in [0.3, 0.4) is 0 Å². The molecule has 1 aromatic carbocycles. The Labute approximate surface area is 220 Å². The maximum atomic E-state index is 13.9. The zero-order valence-corrected chi connectivity index (χ0v) is 22.5. The van der Waals surface area contributed by atoms with E-state index < -0.39 is 41.5 Å². The van der Waals surface area contributed by atoms with Crippen LogP contribution in [-0.2, 0) is 19.1 Å². The first-order chi connectivity index (χ1) is 17.3. The maximum Gasteiger partial charge on any atom is 0.408 e. The molecule has 0 heterocycles. The van der Waals surface area contributed by atoms with Gasteiger partial charge in [0.1, 0.15) is 17.7 Å². The fourth-order valence-corrected chi connectivity index (χ4v) is 3.80. The first-order valence-electron chi connectivity index (χ1n) is 12.4. The van der Waals surface area contributed by atoms with Gasteiger partial charge in [-0.1, -0.05) is 43.5 Å². The number of primary amides is 1. The maximum absolute atomic E-state index is 13.9. The average Bonchev–Trinajstić information content (AvgIpc) is 2.80. The van der Waals surface area contributed by atoms with Crippen molar-refractivity contribution >= 4 is 23.8 Å². The summed E-state index contributed by atoms with van der Waals surface area (Å²) in [6, 6.07) is 4.39. The van der Waals surface area contributed by atoms with E-state index in [0.29, 0.717) is 11.1 Å². The number of alkyl carbamates (subject to hydrolysis) is 1. The summed E-state index contributed by atoms with van der Waals surface area (Å²) >= 11 is 0. The summed E-state index contributed by atoms with van der Waals surface area (Å²) in [6.45, 7) is 12.7. The summed E-state index contributed by atoms with van der Waals surface area (Å²) in [5.41, 5.74) is 5.40. The lowest BCUT2D eigenvalue weighted by Crippen LogP contribution is -2.54. The van der Waals surface area contributed by atoms with Crippen molar-refractivity contribution in [3.63, 3.8) is 0 Å². The Balaban J connectivity index is 3.54. The fraction of sp³-hybridized carbons (Fsp3) is 0.500. The van der Waals surface area contributed by atoms with Crippen LogP contribution in [0.4, 0.5) is 4.79 Å². The minimum absolute atomic E-state index is 0.0267. The molecule has 202 valence electrons. The van der Waals surface area contributed by atoms with E-state index in [1.165, 1.54) is 11.0 Å². The molecule has 3 unspecified atom stereocenters. The van der Waals surface area contributed by atoms with E-state index in [1.54, 1.807) is 45.0 Å². The van der Waals surface area contributed by atoms with Crippen LogP contribution in [0.15, 0.2) is 36.9 Å². The predicted octanol–water partition coefficient (Wildman–Crippen LogP) is 3.19. The molecule has 0 aliphatic rings. The SMILES string of the molecule is C#Cc1ccccc1C(C(=O)NC(C)CCC)N(CC=C)C(=O)C(CCC(N)=O)NC(=O)OC(C)(C)C. The van der Waals surface area contributed by atoms with Crippen LogP contribution in [-0.4, -0.2) is 52.9 Å². The molecule has 4 N–H and O–H groups in total. The molecule has 37 heavy (non-hydrogen) atoms. The van der Waals surface area contributed by atoms with Crippen molar-refractivity contribution in [2.24, 2.45) is 5.73 Å². The van der Waals surface area contributed by atoms with Gasteiger partial charge >= 0.3 is 6.09 Å². The zero-order chi connectivity index (χ0) is 28.2. The highest BCUT2D eigenvalue weighted by molar-refractivity contribution is 5.93. The fourth-order valence-electron chi connectivity index (χ4n) is 3.80. The molecule has 0 radical (unpaired) electrons. The first kappa shape index (κ1) is 31.2. The molecular formula is C28H40N4O5. The number of terminal acetylenes is 1. The lowest BCUT2D eigenvalue weighted by atomic mass is 9.96. The standard InChI is InChI=1S/C28H40N4O5/c1-8-13-19(4)30-25(34)24(21-15-12-11-14-20(21)10-3)32(18-9-2)26(35)22(16-17-23(29)33)31-27(36)37-28(5,6)7/h3,9,11-12,14-15,19,22,24H,2,8,13,16-18H2,1,4-7H3,(H2,29,33)(H,30,34)(H,31,36). The number of nitrogens with zero attached hydrogens (tertiary/aromatic N) is 1. The van der Waals surface area contributed by atoms with Crippen LogP contribution in [0.2, 0.25) is 0 Å². The van der Waals surface area contributed by atoms with Gasteiger partial charge in [-0.15, -0.1) is 13.0 Å². The summed E-state index contributed by atoms with van der Waals surface area (Å²) in [5.74, 6) is 0.903. The highest BCUT2D eigenvalue weighted by Crippen LogP contribution is 2.26. The smallest absolute Gasteiger partial charge is 0.408 e. The molecule has 0 saturated carbocycles. The van der Waals surface area contributed by atoms with Gasteiger partial charge in [-0.3, -0.25) is 14.4 Å². The van der Waals surface area contributed by atoms with Crippen LogP contribution in [0.5, 0.6) is 0 Å². The second kappa shape index (κ2) is 14.7. The Morgan fingerprint density at radius 2 is 1.84 bits per heavy atom. The molecule has 0 aliphatic carbocycles. The van der Waals surface area contributed by atoms with Crippen molar-refractivity contribution in [3.8, 4) is 12.3 Å². The van der Waals surface area contributed by atoms with Crippen molar-refractivity contribution < 1.29 is 23.9 Å². The summed E-state index contributed by atoms with van der Waals surface area (Å²) in [7, 11) is 0. The Hall–Kier alpha value is -3.80. The minimum Gasteiger partial charge on any atom is -0.444 e. The highest BCUT2D eigenvalue weighted by Gasteiger charge is 2.37. The van der Waals surface area contributed by atoms with Crippen molar-refractivity contribution in [3.05, 3.63) is 48.0 Å². The minimum atomic E-state index is -1.19. The molecule has 9 nitrogen and oxygen atoms in total. The van der Waals surface area contributed by atoms with Crippen molar-refractivity contribution in [1.82, 2.24) is 15.5 Å². The number of hydrogen-bond acceptors (Lipinski definition) is 5. The van der Waals surface area contributed by atoms with E-state index in [2.05, 4.69) is 23.1 Å². The summed E-state index contributed by atoms with van der Waals surface area (Å²) in [4.78, 5) is 52.9. The highest BCUT2D eigenvalue weighted by atomic mass is 16.6. The summed E-state index contributed by atoms with van der Waals surface area (Å²) in [6.07, 6.45) is 7.71. The lowest BCUT2D eigenvalue weighted by molar-refractivity contribution is -0.142. The van der Waals surface area contributed by atoms with Crippen LogP contribution in [0, 0.1) is 12.3 Å². The first-order valence-corrected chi connectivity index (χ1v) is 12.4. The molecule has 3 atom stereocenters. The number of hydrogen-bond donors (Lipinski definition) is 3. The van der Waals surface area contributed by atoms with Crippen molar-refractivity contribution in [1.29, 1.82) is 0 Å². The molecule has 9 heteroatoms. The Kier molecular flexibility index (Phi) is 12.4. The van der Waals surface area contributed by atoms with Gasteiger partial charge < -0.3 is 26.0 Å². The van der Waals surface area contributed by atoms with E-state index >= 15 is 0 Å². The van der Waals surface area contributed by atoms with E-state index in [9.17, 15) is 19.2 Å². The monoisotopic (exact) mass is 512 g/mol. The van der Waals surface area contributed by atoms with Crippen LogP contribution < -0.4 is 16.4 Å². The number of amides is 4. The van der Waals surface area contributed by atoms with Gasteiger partial charge in [0.25, 0.3) is 0 Å². The average molecular weight is 513 g/mol. The van der Waals surface area contributed by atoms with Gasteiger partial charge in [0.05, 0.1) is 0 Å². The molecule has 4 amide bonds. The Morgan fingerprint density at radius 1 is 1.19 bits per heavy atom. The number of rotatable bonds is 13. The van der Waals surface area contributed by atoms with Crippen LogP contribution in [0.25, 0.3) is 0 Å². The van der Waals surface area contributed by atoms with Gasteiger partial charge in [0, 0.05) is 24.6 Å². The Morgan fingerprint density at radius 3 is 2.38 bits per heavy atom. The lowest BCUT2D eigenvalue weighted by Gasteiger charge is -2.34. The summed E-state index contributed by atoms with van der Waals surface area (Å²) in [5, 5.41) is 5.50. The third-order valence-corrected chi connectivity index (χ3v) is 5.36. The zero-order valence-electron chi connectivity index (χ0n) is 22.5. The number of carbonyl (C=O) groups excluding carboxylic acids is 4. The van der Waals surface area contributed by atoms with Crippen LogP contribution >= 0.6 is 0 Å². The molecule has 0 aliphatic heterocycles. The quantitative estimate of drug-likeness (QED) is 0.276. The second-order valence-electron chi connectivity index (χ2n) is 9.82. The molecule has 0 aromatic heterocycles. The normalized spacial score (nSPS) is 13.3. The number of benzene rings is 1. The van der Waals surface area contributed by atoms with Gasteiger partial charge in [-0.2, -0.15) is 0 Å². The van der Waals surface area contributed by atoms with Crippen molar-refractivity contribution in [2.75, 3.05) is 6.54 Å². The summed E-state index contributed by atoms with van der Waals surface area (Å²) < 4.78 is 5.31. The molecule has 0 bridgehead atoms. The van der Waals surface area contributed by atoms with Gasteiger partial charge in [-0.05, 0) is 52.2 Å². The molecule has 0 spiro atoms. The third kappa shape index (κ3) is 10.4. The van der Waals surface area contributed by atoms with E-state index in [4.69, 9.17) is 16.9 Å². The number of ether oxygens (including phenoxy) is 1. The van der Waals surface area contributed by atoms with Gasteiger partial charge in [0.15, 0.2) is 0 Å². The molecule has 1 rings (SSSR count). The molecule has 1 aromatic rings. The predicted molar refractivity (Wildman–Crippen MR) is 143 cm³/mol. The number of carbonyl (C=O) groups is 4. The van der Waals surface area contributed by atoms with E-state index in [1.807, 2.05) is 13.8 Å². The topological polar surface area (TPSA) is 131 Å². The molecular weight excluding hydrogens is 472 g/mol. The molecule has 0 saturated heterocycles. The van der Waals surface area contributed by atoms with Crippen molar-refractivity contribution in [2.45, 2.75) is 84.0 Å². The van der Waals surface area contributed by atoms with E-state index in [-0.39, 0.29) is 25.4 Å². The third-order valence-electron chi connectivity index (χ3n) is 5.36. The largest absolute Gasteiger partial charge is 0.444 e. The second-order valence-corrected chi connectivity index (χ2v) is 9.82. The number of nitrogens with two attached hydrogens (primary N) is 1. The van der Waals surface area contributed by atoms with Gasteiger partial charge in [0.2, 0.25) is 17.7 Å².